The molecule has 10 heteroatoms. The normalized spacial score (nSPS) is 12.6. The van der Waals surface area contributed by atoms with Crippen molar-refractivity contribution in [1.82, 2.24) is 4.98 Å². The molecule has 0 bridgehead atoms. The molecule has 0 saturated heterocycles. The van der Waals surface area contributed by atoms with E-state index in [-0.39, 0.29) is 30.4 Å². The van der Waals surface area contributed by atoms with Crippen LogP contribution in [-0.2, 0) is 29.9 Å². The van der Waals surface area contributed by atoms with Crippen LogP contribution >= 0.6 is 0 Å². The topological polar surface area (TPSA) is 124 Å². The number of ether oxygens (including phenoxy) is 2. The molecule has 1 aromatic carbocycles. The number of anilines is 1. The molecule has 2 N–H and O–H groups in total. The maximum atomic E-state index is 12.4. The first kappa shape index (κ1) is 35.1. The monoisotopic (exact) mass is 605 g/mol. The van der Waals surface area contributed by atoms with Crippen LogP contribution in [0.3, 0.4) is 0 Å². The van der Waals surface area contributed by atoms with E-state index < -0.39 is 38.6 Å². The minimum Gasteiger partial charge on any atom is -0.481 e. The summed E-state index contributed by atoms with van der Waals surface area (Å²) < 4.78 is 16.6. The fourth-order valence-electron chi connectivity index (χ4n) is 3.53. The van der Waals surface area contributed by atoms with Crippen LogP contribution in [-0.4, -0.2) is 55.5 Å². The number of aromatic nitrogens is 1. The summed E-state index contributed by atoms with van der Waals surface area (Å²) in [6.45, 7) is 17.0. The number of carbonyl (C=O) groups excluding carboxylic acids is 2. The summed E-state index contributed by atoms with van der Waals surface area (Å²) in [5.41, 5.74) is 1.49. The highest BCUT2D eigenvalue weighted by Crippen LogP contribution is 2.23. The Morgan fingerprint density at radius 2 is 1.67 bits per heavy atom. The van der Waals surface area contributed by atoms with E-state index in [4.69, 9.17) is 13.9 Å². The standard InChI is InChI=1S/C33H41N2O7Si/c1-22(30(37)38)26-18-23(17-24(19-26)12-13-27(32(2,3)4)42-43(8)9)11-10-16-40-29(36)21-25-14-15-34-28(20-25)35-31(39)41-33(5,6)7/h14-15,17-20,22,27H,16,21H2,1-9H3,(H,37,38)(H,34,35,39). The van der Waals surface area contributed by atoms with Crippen molar-refractivity contribution >= 4 is 32.9 Å². The smallest absolute Gasteiger partial charge is 0.413 e. The molecule has 1 amide bonds. The summed E-state index contributed by atoms with van der Waals surface area (Å²) in [7, 11) is -0.983. The Hall–Kier alpha value is -4.12. The van der Waals surface area contributed by atoms with Crippen LogP contribution in [0.1, 0.15) is 76.6 Å². The number of carbonyl (C=O) groups is 3. The van der Waals surface area contributed by atoms with Gasteiger partial charge in [-0.05, 0) is 87.7 Å². The molecule has 0 aliphatic carbocycles. The van der Waals surface area contributed by atoms with Gasteiger partial charge in [-0.1, -0.05) is 44.5 Å². The second-order valence-corrected chi connectivity index (χ2v) is 14.3. The Kier molecular flexibility index (Phi) is 12.5. The van der Waals surface area contributed by atoms with Gasteiger partial charge < -0.3 is 19.0 Å². The van der Waals surface area contributed by atoms with Gasteiger partial charge >= 0.3 is 18.0 Å². The zero-order valence-corrected chi connectivity index (χ0v) is 27.4. The Labute approximate surface area is 256 Å². The first-order chi connectivity index (χ1) is 19.9. The highest BCUT2D eigenvalue weighted by molar-refractivity contribution is 6.48. The van der Waals surface area contributed by atoms with Crippen molar-refractivity contribution in [3.05, 3.63) is 58.8 Å². The summed E-state index contributed by atoms with van der Waals surface area (Å²) in [5, 5.41) is 12.1. The lowest BCUT2D eigenvalue weighted by Gasteiger charge is -2.28. The van der Waals surface area contributed by atoms with Crippen LogP contribution in [0.4, 0.5) is 10.6 Å². The van der Waals surface area contributed by atoms with Crippen molar-refractivity contribution in [2.24, 2.45) is 5.41 Å². The fraction of sp³-hybridized carbons (Fsp3) is 0.455. The van der Waals surface area contributed by atoms with Crippen molar-refractivity contribution < 1.29 is 33.4 Å². The van der Waals surface area contributed by atoms with E-state index in [1.807, 2.05) is 0 Å². The average molecular weight is 606 g/mol. The third-order valence-electron chi connectivity index (χ3n) is 5.65. The number of hydrogen-bond donors (Lipinski definition) is 2. The molecule has 0 saturated carbocycles. The SMILES string of the molecule is CC(C(=O)O)c1cc(C#CCOC(=O)Cc2ccnc(NC(=O)OC(C)(C)C)c2)cc(C#CC(O[Si](C)C)C(C)(C)C)c1. The molecule has 2 rings (SSSR count). The van der Waals surface area contributed by atoms with Gasteiger partial charge in [0.25, 0.3) is 0 Å². The van der Waals surface area contributed by atoms with Crippen molar-refractivity contribution in [1.29, 1.82) is 0 Å². The Morgan fingerprint density at radius 1 is 1.02 bits per heavy atom. The number of benzene rings is 1. The molecule has 43 heavy (non-hydrogen) atoms. The van der Waals surface area contributed by atoms with Gasteiger partial charge in [0, 0.05) is 17.3 Å². The first-order valence-electron chi connectivity index (χ1n) is 13.9. The molecule has 2 atom stereocenters. The number of rotatable bonds is 8. The molecule has 1 heterocycles. The number of amides is 1. The van der Waals surface area contributed by atoms with E-state index in [2.05, 4.69) is 67.8 Å². The maximum absolute atomic E-state index is 12.4. The third-order valence-corrected chi connectivity index (χ3v) is 6.36. The van der Waals surface area contributed by atoms with E-state index in [1.165, 1.54) is 6.20 Å². The number of hydrogen-bond acceptors (Lipinski definition) is 7. The number of pyridine rings is 1. The number of esters is 1. The zero-order valence-electron chi connectivity index (χ0n) is 26.4. The summed E-state index contributed by atoms with van der Waals surface area (Å²) in [6.07, 6.45) is 0.495. The first-order valence-corrected chi connectivity index (χ1v) is 16.3. The van der Waals surface area contributed by atoms with Crippen molar-refractivity contribution in [3.63, 3.8) is 0 Å². The lowest BCUT2D eigenvalue weighted by Crippen LogP contribution is -2.31. The van der Waals surface area contributed by atoms with E-state index in [1.54, 1.807) is 58.0 Å². The largest absolute Gasteiger partial charge is 0.481 e. The lowest BCUT2D eigenvalue weighted by molar-refractivity contribution is -0.141. The number of nitrogens with one attached hydrogen (secondary N) is 1. The van der Waals surface area contributed by atoms with E-state index in [9.17, 15) is 19.5 Å². The second-order valence-electron chi connectivity index (χ2n) is 12.3. The van der Waals surface area contributed by atoms with Crippen molar-refractivity contribution in [3.8, 4) is 23.7 Å². The summed E-state index contributed by atoms with van der Waals surface area (Å²) >= 11 is 0. The second kappa shape index (κ2) is 15.4. The molecule has 0 aliphatic rings. The predicted molar refractivity (Wildman–Crippen MR) is 167 cm³/mol. The summed E-state index contributed by atoms with van der Waals surface area (Å²) in [5.74, 6) is 10.2. The van der Waals surface area contributed by atoms with E-state index in [0.29, 0.717) is 22.3 Å². The molecule has 9 nitrogen and oxygen atoms in total. The molecule has 2 unspecified atom stereocenters. The predicted octanol–water partition coefficient (Wildman–Crippen LogP) is 5.79. The molecule has 0 fully saturated rings. The highest BCUT2D eigenvalue weighted by atomic mass is 28.3. The molecular formula is C33H41N2O7Si. The van der Waals surface area contributed by atoms with Crippen LogP contribution in [0.15, 0.2) is 36.5 Å². The highest BCUT2D eigenvalue weighted by Gasteiger charge is 2.25. The van der Waals surface area contributed by atoms with Crippen molar-refractivity contribution in [2.45, 2.75) is 85.6 Å². The third kappa shape index (κ3) is 13.2. The summed E-state index contributed by atoms with van der Waals surface area (Å²) in [4.78, 5) is 40.1. The minimum atomic E-state index is -0.983. The van der Waals surface area contributed by atoms with E-state index in [0.717, 1.165) is 0 Å². The van der Waals surface area contributed by atoms with Gasteiger partial charge in [-0.15, -0.1) is 0 Å². The number of carboxylic acids is 1. The maximum Gasteiger partial charge on any atom is 0.413 e. The van der Waals surface area contributed by atoms with Gasteiger partial charge in [-0.2, -0.15) is 0 Å². The quantitative estimate of drug-likeness (QED) is 0.220. The molecule has 1 aromatic heterocycles. The van der Waals surface area contributed by atoms with Gasteiger partial charge in [0.2, 0.25) is 9.04 Å². The van der Waals surface area contributed by atoms with Crippen LogP contribution in [0, 0.1) is 29.1 Å². The fourth-order valence-corrected chi connectivity index (χ4v) is 4.41. The molecule has 2 aromatic rings. The number of aliphatic carboxylic acids is 1. The minimum absolute atomic E-state index is 0.0476. The summed E-state index contributed by atoms with van der Waals surface area (Å²) in [6, 6.07) is 8.43. The average Bonchev–Trinajstić information content (AvgIpc) is 2.86. The van der Waals surface area contributed by atoms with Gasteiger partial charge in [0.05, 0.1) is 12.3 Å². The molecule has 0 aliphatic heterocycles. The van der Waals surface area contributed by atoms with Crippen LogP contribution < -0.4 is 5.32 Å². The van der Waals surface area contributed by atoms with Gasteiger partial charge in [0.1, 0.15) is 17.5 Å². The van der Waals surface area contributed by atoms with E-state index >= 15 is 0 Å². The molecule has 1 radical (unpaired) electrons. The van der Waals surface area contributed by atoms with Gasteiger partial charge in [-0.3, -0.25) is 14.9 Å². The molecular weight excluding hydrogens is 564 g/mol. The van der Waals surface area contributed by atoms with Gasteiger partial charge in [0.15, 0.2) is 6.61 Å². The lowest BCUT2D eigenvalue weighted by atomic mass is 9.89. The van der Waals surface area contributed by atoms with Crippen LogP contribution in [0.5, 0.6) is 0 Å². The Morgan fingerprint density at radius 3 is 2.26 bits per heavy atom. The number of nitrogens with zero attached hydrogens (tertiary/aromatic N) is 1. The van der Waals surface area contributed by atoms with Crippen molar-refractivity contribution in [2.75, 3.05) is 11.9 Å². The number of carboxylic acid groups (broad SMARTS) is 1. The van der Waals surface area contributed by atoms with Crippen LogP contribution in [0.2, 0.25) is 13.1 Å². The Balaban J connectivity index is 2.14. The van der Waals surface area contributed by atoms with Gasteiger partial charge in [-0.25, -0.2) is 9.78 Å². The zero-order chi connectivity index (χ0) is 32.4. The Bertz CT molecular complexity index is 1430. The van der Waals surface area contributed by atoms with Crippen LogP contribution in [0.25, 0.3) is 0 Å². The molecule has 229 valence electrons. The molecule has 0 spiro atoms.